The Morgan fingerprint density at radius 2 is 1.44 bits per heavy atom. The van der Waals surface area contributed by atoms with Gasteiger partial charge in [-0.05, 0) is 38.5 Å². The summed E-state index contributed by atoms with van der Waals surface area (Å²) in [6, 6.07) is -5.11. The van der Waals surface area contributed by atoms with E-state index in [0.29, 0.717) is 6.42 Å². The first kappa shape index (κ1) is 32.5. The van der Waals surface area contributed by atoms with Gasteiger partial charge in [-0.1, -0.05) is 13.8 Å². The summed E-state index contributed by atoms with van der Waals surface area (Å²) < 4.78 is 0. The monoisotopic (exact) mass is 516 g/mol. The molecule has 0 aliphatic heterocycles. The van der Waals surface area contributed by atoms with Gasteiger partial charge in [-0.3, -0.25) is 24.2 Å². The SMILES string of the molecule is CC(C)CC(NC(=O)C(NC(=O)C(CCC(N)=O)NC(=O)C(N)CCCN=C(N)N)C(C)O)C(=O)O. The van der Waals surface area contributed by atoms with Gasteiger partial charge in [0.1, 0.15) is 18.1 Å². The molecule has 0 saturated carbocycles. The van der Waals surface area contributed by atoms with Crippen molar-refractivity contribution in [3.8, 4) is 0 Å². The van der Waals surface area contributed by atoms with Crippen molar-refractivity contribution < 1.29 is 34.2 Å². The fourth-order valence-electron chi connectivity index (χ4n) is 3.10. The molecule has 206 valence electrons. The summed E-state index contributed by atoms with van der Waals surface area (Å²) in [5, 5.41) is 26.4. The molecule has 13 N–H and O–H groups in total. The van der Waals surface area contributed by atoms with Crippen LogP contribution in [0.3, 0.4) is 0 Å². The van der Waals surface area contributed by atoms with Crippen LogP contribution in [0.4, 0.5) is 0 Å². The van der Waals surface area contributed by atoms with Crippen LogP contribution in [0.5, 0.6) is 0 Å². The van der Waals surface area contributed by atoms with Crippen LogP contribution in [0.25, 0.3) is 0 Å². The van der Waals surface area contributed by atoms with Gasteiger partial charge in [0.05, 0.1) is 12.1 Å². The molecule has 0 bridgehead atoms. The Balaban J connectivity index is 5.40. The molecule has 36 heavy (non-hydrogen) atoms. The van der Waals surface area contributed by atoms with Crippen LogP contribution >= 0.6 is 0 Å². The maximum Gasteiger partial charge on any atom is 0.326 e. The Bertz CT molecular complexity index is 799. The minimum atomic E-state index is -1.53. The van der Waals surface area contributed by atoms with Crippen molar-refractivity contribution in [2.24, 2.45) is 33.8 Å². The Morgan fingerprint density at radius 1 is 0.861 bits per heavy atom. The highest BCUT2D eigenvalue weighted by Gasteiger charge is 2.33. The van der Waals surface area contributed by atoms with Gasteiger partial charge in [0.25, 0.3) is 0 Å². The molecule has 0 radical (unpaired) electrons. The average molecular weight is 517 g/mol. The van der Waals surface area contributed by atoms with Gasteiger partial charge >= 0.3 is 5.97 Å². The summed E-state index contributed by atoms with van der Waals surface area (Å²) in [7, 11) is 0. The van der Waals surface area contributed by atoms with E-state index in [1.54, 1.807) is 13.8 Å². The molecule has 0 saturated heterocycles. The first-order valence-electron chi connectivity index (χ1n) is 11.6. The molecule has 0 spiro atoms. The van der Waals surface area contributed by atoms with Crippen molar-refractivity contribution in [3.05, 3.63) is 0 Å². The third-order valence-corrected chi connectivity index (χ3v) is 5.00. The van der Waals surface area contributed by atoms with Crippen LogP contribution in [0, 0.1) is 5.92 Å². The molecule has 0 fully saturated rings. The number of carboxylic acids is 1. The summed E-state index contributed by atoms with van der Waals surface area (Å²) >= 11 is 0. The quantitative estimate of drug-likeness (QED) is 0.0524. The largest absolute Gasteiger partial charge is 0.480 e. The van der Waals surface area contributed by atoms with Crippen LogP contribution in [0.15, 0.2) is 4.99 Å². The van der Waals surface area contributed by atoms with Crippen LogP contribution in [0.2, 0.25) is 0 Å². The average Bonchev–Trinajstić information content (AvgIpc) is 2.75. The number of carbonyl (C=O) groups excluding carboxylic acids is 4. The maximum absolute atomic E-state index is 12.9. The predicted molar refractivity (Wildman–Crippen MR) is 131 cm³/mol. The lowest BCUT2D eigenvalue weighted by Gasteiger charge is -2.26. The Morgan fingerprint density at radius 3 is 1.92 bits per heavy atom. The number of carboxylic acid groups (broad SMARTS) is 1. The summed E-state index contributed by atoms with van der Waals surface area (Å²) in [4.78, 5) is 64.6. The molecule has 4 amide bonds. The molecule has 0 rings (SSSR count). The van der Waals surface area contributed by atoms with Crippen LogP contribution in [0.1, 0.15) is 52.9 Å². The standard InChI is InChI=1S/C21H40N8O7/c1-10(2)9-14(20(35)36)28-19(34)16(11(3)30)29-18(33)13(6-7-15(23)31)27-17(32)12(22)5-4-8-26-21(24)25/h10-14,16,30H,4-9,22H2,1-3H3,(H2,23,31)(H,27,32)(H,28,34)(H,29,33)(H,35,36)(H4,24,25,26). The van der Waals surface area contributed by atoms with Crippen molar-refractivity contribution in [2.45, 2.75) is 83.1 Å². The molecule has 15 heteroatoms. The number of nitrogens with zero attached hydrogens (tertiary/aromatic N) is 1. The van der Waals surface area contributed by atoms with Gasteiger partial charge in [0.15, 0.2) is 5.96 Å². The van der Waals surface area contributed by atoms with E-state index in [-0.39, 0.29) is 44.1 Å². The van der Waals surface area contributed by atoms with Crippen molar-refractivity contribution in [1.29, 1.82) is 0 Å². The summed E-state index contributed by atoms with van der Waals surface area (Å²) in [6.45, 7) is 5.02. The van der Waals surface area contributed by atoms with Gasteiger partial charge in [-0.25, -0.2) is 4.79 Å². The molecule has 0 aromatic rings. The number of hydrogen-bond acceptors (Lipinski definition) is 8. The number of aliphatic carboxylic acids is 1. The van der Waals surface area contributed by atoms with E-state index in [0.717, 1.165) is 0 Å². The smallest absolute Gasteiger partial charge is 0.326 e. The second kappa shape index (κ2) is 16.3. The fraction of sp³-hybridized carbons (Fsp3) is 0.714. The number of nitrogens with one attached hydrogen (secondary N) is 3. The summed E-state index contributed by atoms with van der Waals surface area (Å²) in [5.74, 6) is -4.68. The zero-order valence-corrected chi connectivity index (χ0v) is 20.9. The minimum Gasteiger partial charge on any atom is -0.480 e. The Hall–Kier alpha value is -3.46. The first-order chi connectivity index (χ1) is 16.6. The van der Waals surface area contributed by atoms with E-state index in [1.807, 2.05) is 0 Å². The number of aliphatic hydroxyl groups is 1. The third kappa shape index (κ3) is 13.4. The number of guanidine groups is 1. The lowest BCUT2D eigenvalue weighted by atomic mass is 10.0. The van der Waals surface area contributed by atoms with Crippen molar-refractivity contribution in [2.75, 3.05) is 6.54 Å². The normalized spacial score (nSPS) is 15.1. The van der Waals surface area contributed by atoms with Gasteiger partial charge in [0.2, 0.25) is 23.6 Å². The molecule has 0 aliphatic rings. The number of aliphatic imine (C=N–C) groups is 1. The van der Waals surface area contributed by atoms with E-state index in [1.165, 1.54) is 6.92 Å². The van der Waals surface area contributed by atoms with Crippen LogP contribution < -0.4 is 38.9 Å². The number of aliphatic hydroxyl groups excluding tert-OH is 1. The lowest BCUT2D eigenvalue weighted by Crippen LogP contribution is -2.60. The number of rotatable bonds is 17. The van der Waals surface area contributed by atoms with Gasteiger partial charge in [-0.2, -0.15) is 0 Å². The zero-order valence-electron chi connectivity index (χ0n) is 20.9. The highest BCUT2D eigenvalue weighted by atomic mass is 16.4. The molecular weight excluding hydrogens is 476 g/mol. The second-order valence-corrected chi connectivity index (χ2v) is 8.88. The highest BCUT2D eigenvalue weighted by molar-refractivity contribution is 5.94. The topological polar surface area (TPSA) is 278 Å². The van der Waals surface area contributed by atoms with Crippen molar-refractivity contribution >= 4 is 35.6 Å². The fourth-order valence-corrected chi connectivity index (χ4v) is 3.10. The van der Waals surface area contributed by atoms with Crippen LogP contribution in [-0.2, 0) is 24.0 Å². The Labute approximate surface area is 209 Å². The lowest BCUT2D eigenvalue weighted by molar-refractivity contribution is -0.143. The predicted octanol–water partition coefficient (Wildman–Crippen LogP) is -3.40. The van der Waals surface area contributed by atoms with Gasteiger partial charge < -0.3 is 49.1 Å². The van der Waals surface area contributed by atoms with E-state index in [2.05, 4.69) is 20.9 Å². The number of primary amides is 1. The van der Waals surface area contributed by atoms with E-state index in [4.69, 9.17) is 22.9 Å². The summed E-state index contributed by atoms with van der Waals surface area (Å²) in [5.41, 5.74) is 21.5. The highest BCUT2D eigenvalue weighted by Crippen LogP contribution is 2.07. The maximum atomic E-state index is 12.9. The van der Waals surface area contributed by atoms with Gasteiger partial charge in [-0.15, -0.1) is 0 Å². The molecule has 5 atom stereocenters. The second-order valence-electron chi connectivity index (χ2n) is 8.88. The molecule has 5 unspecified atom stereocenters. The van der Waals surface area contributed by atoms with Crippen LogP contribution in [-0.4, -0.2) is 82.6 Å². The number of carbonyl (C=O) groups is 5. The van der Waals surface area contributed by atoms with Gasteiger partial charge in [0, 0.05) is 13.0 Å². The molecule has 0 aromatic carbocycles. The third-order valence-electron chi connectivity index (χ3n) is 5.00. The van der Waals surface area contributed by atoms with Crippen molar-refractivity contribution in [3.63, 3.8) is 0 Å². The van der Waals surface area contributed by atoms with E-state index in [9.17, 15) is 34.2 Å². The molecule has 15 nitrogen and oxygen atoms in total. The first-order valence-corrected chi connectivity index (χ1v) is 11.6. The van der Waals surface area contributed by atoms with E-state index >= 15 is 0 Å². The number of nitrogens with two attached hydrogens (primary N) is 4. The molecular formula is C21H40N8O7. The molecule has 0 aliphatic carbocycles. The van der Waals surface area contributed by atoms with Crippen molar-refractivity contribution in [1.82, 2.24) is 16.0 Å². The van der Waals surface area contributed by atoms with E-state index < -0.39 is 59.9 Å². The molecule has 0 aromatic heterocycles. The number of amides is 4. The summed E-state index contributed by atoms with van der Waals surface area (Å²) in [6.07, 6.45) is -1.17. The Kier molecular flexibility index (Phi) is 14.7. The molecule has 0 heterocycles. The zero-order chi connectivity index (χ0) is 28.0. The number of hydrogen-bond donors (Lipinski definition) is 9. The minimum absolute atomic E-state index is 0.0527.